The van der Waals surface area contributed by atoms with Gasteiger partial charge in [-0.25, -0.2) is 0 Å². The maximum absolute atomic E-state index is 9.25. The number of aryl methyl sites for hydroxylation is 1. The molecule has 1 aliphatic heterocycles. The van der Waals surface area contributed by atoms with Gasteiger partial charge in [0, 0.05) is 63.7 Å². The summed E-state index contributed by atoms with van der Waals surface area (Å²) in [7, 11) is 0. The Labute approximate surface area is 139 Å². The summed E-state index contributed by atoms with van der Waals surface area (Å²) in [6.45, 7) is 9.35. The minimum atomic E-state index is 0.182. The highest BCUT2D eigenvalue weighted by molar-refractivity contribution is 5.58. The molecule has 2 rings (SSSR count). The van der Waals surface area contributed by atoms with Crippen molar-refractivity contribution >= 4 is 11.4 Å². The van der Waals surface area contributed by atoms with E-state index in [0.717, 1.165) is 50.5 Å². The molecule has 1 aliphatic rings. The Morgan fingerprint density at radius 2 is 1.43 bits per heavy atom. The fourth-order valence-corrected chi connectivity index (χ4v) is 2.99. The van der Waals surface area contributed by atoms with Gasteiger partial charge in [-0.15, -0.1) is 0 Å². The minimum absolute atomic E-state index is 0.182. The van der Waals surface area contributed by atoms with Crippen molar-refractivity contribution in [1.82, 2.24) is 9.80 Å². The monoisotopic (exact) mass is 322 g/mol. The average molecular weight is 322 g/mol. The Balaban J connectivity index is 2.11. The Morgan fingerprint density at radius 3 is 1.91 bits per heavy atom. The molecule has 0 radical (unpaired) electrons. The lowest BCUT2D eigenvalue weighted by molar-refractivity contribution is 0.161. The smallest absolute Gasteiger partial charge is 0.0558 e. The summed E-state index contributed by atoms with van der Waals surface area (Å²) in [5, 5.41) is 18.5. The van der Waals surface area contributed by atoms with Gasteiger partial charge in [0.2, 0.25) is 0 Å². The van der Waals surface area contributed by atoms with Crippen LogP contribution in [0.4, 0.5) is 11.4 Å². The lowest BCUT2D eigenvalue weighted by Gasteiger charge is -2.28. The van der Waals surface area contributed by atoms with E-state index in [1.54, 1.807) is 0 Å². The second-order valence-electron chi connectivity index (χ2n) is 6.16. The fraction of sp³-hybridized carbons (Fsp3) is 0.647. The van der Waals surface area contributed by atoms with Crippen LogP contribution in [0.25, 0.3) is 0 Å². The van der Waals surface area contributed by atoms with Gasteiger partial charge in [0.05, 0.1) is 13.2 Å². The van der Waals surface area contributed by atoms with E-state index in [4.69, 9.17) is 5.73 Å². The van der Waals surface area contributed by atoms with E-state index in [2.05, 4.69) is 26.8 Å². The van der Waals surface area contributed by atoms with E-state index in [1.807, 2.05) is 13.0 Å². The van der Waals surface area contributed by atoms with Crippen LogP contribution in [0.1, 0.15) is 5.56 Å². The first-order valence-corrected chi connectivity index (χ1v) is 8.41. The molecule has 1 heterocycles. The number of nitrogen functional groups attached to an aromatic ring is 1. The topological polar surface area (TPSA) is 76.2 Å². The van der Waals surface area contributed by atoms with Crippen LogP contribution < -0.4 is 10.6 Å². The molecule has 0 aromatic heterocycles. The number of nitrogens with zero attached hydrogens (tertiary/aromatic N) is 3. The second-order valence-corrected chi connectivity index (χ2v) is 6.16. The largest absolute Gasteiger partial charge is 0.399 e. The van der Waals surface area contributed by atoms with E-state index in [9.17, 15) is 10.2 Å². The Hall–Kier alpha value is -1.34. The van der Waals surface area contributed by atoms with Crippen molar-refractivity contribution in [2.24, 2.45) is 0 Å². The predicted molar refractivity (Wildman–Crippen MR) is 94.9 cm³/mol. The van der Waals surface area contributed by atoms with Gasteiger partial charge >= 0.3 is 0 Å². The number of nitrogens with two attached hydrogens (primary N) is 1. The number of anilines is 2. The molecule has 130 valence electrons. The van der Waals surface area contributed by atoms with Gasteiger partial charge in [-0.1, -0.05) is 0 Å². The number of hydrogen-bond donors (Lipinski definition) is 3. The van der Waals surface area contributed by atoms with Gasteiger partial charge in [-0.05, 0) is 30.7 Å². The van der Waals surface area contributed by atoms with Crippen LogP contribution in [0.3, 0.4) is 0 Å². The number of aliphatic hydroxyl groups excluding tert-OH is 2. The molecular weight excluding hydrogens is 292 g/mol. The molecule has 23 heavy (non-hydrogen) atoms. The van der Waals surface area contributed by atoms with Gasteiger partial charge in [-0.2, -0.15) is 0 Å². The molecule has 0 aliphatic carbocycles. The van der Waals surface area contributed by atoms with Crippen LogP contribution in [0.15, 0.2) is 18.2 Å². The molecule has 6 nitrogen and oxygen atoms in total. The summed E-state index contributed by atoms with van der Waals surface area (Å²) in [5.74, 6) is 0. The lowest BCUT2D eigenvalue weighted by atomic mass is 10.1. The zero-order valence-electron chi connectivity index (χ0n) is 14.1. The number of aliphatic hydroxyl groups is 2. The molecule has 0 spiro atoms. The van der Waals surface area contributed by atoms with E-state index in [1.165, 1.54) is 5.69 Å². The number of hydrogen-bond acceptors (Lipinski definition) is 6. The van der Waals surface area contributed by atoms with Crippen molar-refractivity contribution < 1.29 is 10.2 Å². The van der Waals surface area contributed by atoms with Crippen molar-refractivity contribution in [1.29, 1.82) is 0 Å². The second kappa shape index (κ2) is 9.08. The average Bonchev–Trinajstić information content (AvgIpc) is 2.63. The minimum Gasteiger partial charge on any atom is -0.399 e. The summed E-state index contributed by atoms with van der Waals surface area (Å²) in [6, 6.07) is 6.18. The third-order valence-corrected chi connectivity index (χ3v) is 4.56. The molecule has 6 heteroatoms. The van der Waals surface area contributed by atoms with Crippen LogP contribution in [0, 0.1) is 6.92 Å². The SMILES string of the molecule is Cc1cc(N2CCN(CCO)CCN(CCO)CC2)ccc1N. The van der Waals surface area contributed by atoms with E-state index in [0.29, 0.717) is 13.1 Å². The van der Waals surface area contributed by atoms with E-state index in [-0.39, 0.29) is 13.2 Å². The van der Waals surface area contributed by atoms with Crippen molar-refractivity contribution in [3.8, 4) is 0 Å². The van der Waals surface area contributed by atoms with Crippen molar-refractivity contribution in [3.63, 3.8) is 0 Å². The summed E-state index contributed by atoms with van der Waals surface area (Å²) in [4.78, 5) is 6.94. The van der Waals surface area contributed by atoms with Crippen molar-refractivity contribution in [2.75, 3.05) is 76.2 Å². The molecule has 1 aromatic carbocycles. The molecule has 1 fully saturated rings. The van der Waals surface area contributed by atoms with Gasteiger partial charge in [0.15, 0.2) is 0 Å². The fourth-order valence-electron chi connectivity index (χ4n) is 2.99. The van der Waals surface area contributed by atoms with Crippen molar-refractivity contribution in [2.45, 2.75) is 6.92 Å². The molecular formula is C17H30N4O2. The zero-order chi connectivity index (χ0) is 16.7. The highest BCUT2D eigenvalue weighted by atomic mass is 16.3. The van der Waals surface area contributed by atoms with Gasteiger partial charge in [0.1, 0.15) is 0 Å². The van der Waals surface area contributed by atoms with Crippen LogP contribution >= 0.6 is 0 Å². The molecule has 0 unspecified atom stereocenters. The molecule has 4 N–H and O–H groups in total. The molecule has 1 saturated heterocycles. The summed E-state index contributed by atoms with van der Waals surface area (Å²) in [6.07, 6.45) is 0. The van der Waals surface area contributed by atoms with Gasteiger partial charge in [0.25, 0.3) is 0 Å². The first-order chi connectivity index (χ1) is 11.1. The summed E-state index contributed by atoms with van der Waals surface area (Å²) >= 11 is 0. The Bertz CT molecular complexity index is 466. The first kappa shape index (κ1) is 18.0. The predicted octanol–water partition coefficient (Wildman–Crippen LogP) is -0.0142. The van der Waals surface area contributed by atoms with Crippen LogP contribution in [-0.2, 0) is 0 Å². The zero-order valence-corrected chi connectivity index (χ0v) is 14.1. The maximum Gasteiger partial charge on any atom is 0.0558 e. The third-order valence-electron chi connectivity index (χ3n) is 4.56. The van der Waals surface area contributed by atoms with Crippen LogP contribution in [-0.4, -0.2) is 85.6 Å². The quantitative estimate of drug-likeness (QED) is 0.662. The van der Waals surface area contributed by atoms with Gasteiger partial charge < -0.3 is 20.8 Å². The number of benzene rings is 1. The normalized spacial score (nSPS) is 18.5. The highest BCUT2D eigenvalue weighted by Gasteiger charge is 2.16. The van der Waals surface area contributed by atoms with Crippen LogP contribution in [0.5, 0.6) is 0 Å². The molecule has 0 saturated carbocycles. The molecule has 1 aromatic rings. The third kappa shape index (κ3) is 5.35. The first-order valence-electron chi connectivity index (χ1n) is 8.41. The molecule has 0 bridgehead atoms. The Morgan fingerprint density at radius 1 is 0.913 bits per heavy atom. The van der Waals surface area contributed by atoms with E-state index < -0.39 is 0 Å². The lowest BCUT2D eigenvalue weighted by Crippen LogP contribution is -2.38. The van der Waals surface area contributed by atoms with E-state index >= 15 is 0 Å². The Kier molecular flexibility index (Phi) is 7.11. The molecule has 0 atom stereocenters. The maximum atomic E-state index is 9.25. The number of β-amino-alcohol motifs (C(OH)–C–C–N with tert-alkyl or cyclic N) is 2. The highest BCUT2D eigenvalue weighted by Crippen LogP contribution is 2.21. The van der Waals surface area contributed by atoms with Crippen LogP contribution in [0.2, 0.25) is 0 Å². The standard InChI is InChI=1S/C17H30N4O2/c1-15-14-16(2-3-17(15)18)21-8-6-19(10-12-22)4-5-20(7-9-21)11-13-23/h2-3,14,22-23H,4-13,18H2,1H3. The summed E-state index contributed by atoms with van der Waals surface area (Å²) < 4.78 is 0. The number of rotatable bonds is 5. The van der Waals surface area contributed by atoms with Crippen molar-refractivity contribution in [3.05, 3.63) is 23.8 Å². The van der Waals surface area contributed by atoms with Gasteiger partial charge in [-0.3, -0.25) is 9.80 Å². The summed E-state index contributed by atoms with van der Waals surface area (Å²) in [5.41, 5.74) is 9.04. The molecule has 0 amide bonds.